The van der Waals surface area contributed by atoms with Crippen molar-refractivity contribution in [3.8, 4) is 0 Å². The molecule has 134 valence electrons. The molecule has 0 bridgehead atoms. The van der Waals surface area contributed by atoms with E-state index < -0.39 is 0 Å². The van der Waals surface area contributed by atoms with Gasteiger partial charge >= 0.3 is 0 Å². The molecule has 0 radical (unpaired) electrons. The molecule has 4 rings (SSSR count). The van der Waals surface area contributed by atoms with Gasteiger partial charge < -0.3 is 10.3 Å². The number of anilines is 1. The molecule has 0 aliphatic heterocycles. The first kappa shape index (κ1) is 19.0. The first-order chi connectivity index (χ1) is 12.3. The van der Waals surface area contributed by atoms with Crippen molar-refractivity contribution in [3.63, 3.8) is 0 Å². The topological polar surface area (TPSA) is 40.7 Å². The molecule has 1 aromatic heterocycles. The van der Waals surface area contributed by atoms with Crippen LogP contribution in [0.3, 0.4) is 0 Å². The van der Waals surface area contributed by atoms with Gasteiger partial charge in [0.15, 0.2) is 0 Å². The van der Waals surface area contributed by atoms with Crippen molar-refractivity contribution in [1.82, 2.24) is 9.97 Å². The molecule has 3 heteroatoms. The molecule has 3 aromatic rings. The summed E-state index contributed by atoms with van der Waals surface area (Å²) >= 11 is 0. The second-order valence-corrected chi connectivity index (χ2v) is 6.24. The summed E-state index contributed by atoms with van der Waals surface area (Å²) in [6, 6.07) is 16.5. The van der Waals surface area contributed by atoms with Crippen molar-refractivity contribution in [3.05, 3.63) is 59.9 Å². The number of hydrogen-bond acceptors (Lipinski definition) is 2. The Balaban J connectivity index is 0.000000211. The Hall–Kier alpha value is -2.29. The van der Waals surface area contributed by atoms with Crippen molar-refractivity contribution in [2.75, 3.05) is 12.4 Å². The zero-order valence-electron chi connectivity index (χ0n) is 16.0. The summed E-state index contributed by atoms with van der Waals surface area (Å²) in [5, 5.41) is 3.15. The van der Waals surface area contributed by atoms with E-state index in [-0.39, 0.29) is 0 Å². The maximum atomic E-state index is 4.69. The number of aryl methyl sites for hydroxylation is 1. The number of H-pyrrole nitrogens is 1. The average Bonchev–Trinajstić information content (AvgIpc) is 3.33. The number of imidazole rings is 1. The minimum absolute atomic E-state index is 0.658. The van der Waals surface area contributed by atoms with Gasteiger partial charge in [0.2, 0.25) is 0 Å². The minimum Gasteiger partial charge on any atom is -0.388 e. The maximum Gasteiger partial charge on any atom is 0.110 e. The summed E-state index contributed by atoms with van der Waals surface area (Å²) in [6.07, 6.45) is 5.28. The van der Waals surface area contributed by atoms with Gasteiger partial charge in [-0.15, -0.1) is 0 Å². The molecule has 0 atom stereocenters. The van der Waals surface area contributed by atoms with E-state index in [2.05, 4.69) is 52.5 Å². The molecule has 1 aliphatic carbocycles. The standard InChI is InChI=1S/C13H17N3.C7H8.C2H6/c1-14-10-6-7-11-12(8-10)16-13(15-11)9-4-2-3-5-9;1-7-5-3-2-4-6-7;1-2/h6-9,14H,2-5H2,1H3,(H,15,16);2-6H,1H3;1-2H3. The van der Waals surface area contributed by atoms with Crippen molar-refractivity contribution in [2.24, 2.45) is 0 Å². The SMILES string of the molecule is CC.CNc1ccc2nc(C3CCCC3)[nH]c2c1.Cc1ccccc1. The van der Waals surface area contributed by atoms with Crippen molar-refractivity contribution >= 4 is 16.7 Å². The predicted molar refractivity (Wildman–Crippen MR) is 109 cm³/mol. The first-order valence-corrected chi connectivity index (χ1v) is 9.45. The molecule has 1 saturated carbocycles. The lowest BCUT2D eigenvalue weighted by Gasteiger charge is -2.02. The van der Waals surface area contributed by atoms with E-state index >= 15 is 0 Å². The minimum atomic E-state index is 0.658. The summed E-state index contributed by atoms with van der Waals surface area (Å²) in [4.78, 5) is 8.15. The molecule has 2 N–H and O–H groups in total. The third-order valence-corrected chi connectivity index (χ3v) is 4.47. The zero-order valence-corrected chi connectivity index (χ0v) is 16.0. The Morgan fingerprint density at radius 1 is 1.00 bits per heavy atom. The van der Waals surface area contributed by atoms with E-state index in [1.165, 1.54) is 37.1 Å². The van der Waals surface area contributed by atoms with Gasteiger partial charge in [0.1, 0.15) is 5.82 Å². The predicted octanol–water partition coefficient (Wildman–Crippen LogP) is 6.28. The summed E-state index contributed by atoms with van der Waals surface area (Å²) < 4.78 is 0. The van der Waals surface area contributed by atoms with E-state index in [9.17, 15) is 0 Å². The quantitative estimate of drug-likeness (QED) is 0.577. The number of nitrogens with zero attached hydrogens (tertiary/aromatic N) is 1. The van der Waals surface area contributed by atoms with Crippen LogP contribution in [-0.4, -0.2) is 17.0 Å². The number of fused-ring (bicyclic) bond motifs is 1. The molecule has 2 aromatic carbocycles. The largest absolute Gasteiger partial charge is 0.388 e. The lowest BCUT2D eigenvalue weighted by molar-refractivity contribution is 0.681. The smallest absolute Gasteiger partial charge is 0.110 e. The number of nitrogens with one attached hydrogen (secondary N) is 2. The second kappa shape index (κ2) is 9.87. The van der Waals surface area contributed by atoms with Gasteiger partial charge in [0, 0.05) is 18.7 Å². The van der Waals surface area contributed by atoms with Crippen molar-refractivity contribution in [1.29, 1.82) is 0 Å². The van der Waals surface area contributed by atoms with Crippen molar-refractivity contribution < 1.29 is 0 Å². The van der Waals surface area contributed by atoms with Gasteiger partial charge in [-0.25, -0.2) is 4.98 Å². The highest BCUT2D eigenvalue weighted by molar-refractivity contribution is 5.79. The van der Waals surface area contributed by atoms with Crippen LogP contribution >= 0.6 is 0 Å². The van der Waals surface area contributed by atoms with Crippen LogP contribution in [0.4, 0.5) is 5.69 Å². The zero-order chi connectivity index (χ0) is 18.1. The normalized spacial score (nSPS) is 13.6. The van der Waals surface area contributed by atoms with Crippen molar-refractivity contribution in [2.45, 2.75) is 52.4 Å². The molecule has 1 fully saturated rings. The van der Waals surface area contributed by atoms with Crippen LogP contribution in [0.5, 0.6) is 0 Å². The Morgan fingerprint density at radius 3 is 2.24 bits per heavy atom. The summed E-state index contributed by atoms with van der Waals surface area (Å²) in [5.74, 6) is 1.84. The number of aromatic amines is 1. The molecular weight excluding hydrogens is 306 g/mol. The molecule has 25 heavy (non-hydrogen) atoms. The number of rotatable bonds is 2. The number of benzene rings is 2. The average molecular weight is 338 g/mol. The van der Waals surface area contributed by atoms with Crippen LogP contribution in [0.1, 0.15) is 56.8 Å². The summed E-state index contributed by atoms with van der Waals surface area (Å²) in [6.45, 7) is 6.08. The van der Waals surface area contributed by atoms with Crippen LogP contribution < -0.4 is 5.32 Å². The third kappa shape index (κ3) is 5.35. The van der Waals surface area contributed by atoms with Gasteiger partial charge in [-0.05, 0) is 38.0 Å². The number of aromatic nitrogens is 2. The van der Waals surface area contributed by atoms with Gasteiger partial charge in [-0.3, -0.25) is 0 Å². The second-order valence-electron chi connectivity index (χ2n) is 6.24. The van der Waals surface area contributed by atoms with E-state index in [0.29, 0.717) is 5.92 Å². The Labute approximate surface area is 151 Å². The van der Waals surface area contributed by atoms with Gasteiger partial charge in [0.05, 0.1) is 11.0 Å². The van der Waals surface area contributed by atoms with Gasteiger partial charge in [0.25, 0.3) is 0 Å². The fourth-order valence-corrected chi connectivity index (χ4v) is 3.11. The fraction of sp³-hybridized carbons (Fsp3) is 0.409. The molecule has 0 amide bonds. The summed E-state index contributed by atoms with van der Waals surface area (Å²) in [5.41, 5.74) is 4.69. The highest BCUT2D eigenvalue weighted by atomic mass is 14.9. The Kier molecular flexibility index (Phi) is 7.52. The molecule has 0 spiro atoms. The molecular formula is C22H31N3. The van der Waals surface area contributed by atoms with E-state index in [1.54, 1.807) is 0 Å². The molecule has 3 nitrogen and oxygen atoms in total. The van der Waals surface area contributed by atoms with Crippen LogP contribution in [0.2, 0.25) is 0 Å². The molecule has 1 aliphatic rings. The van der Waals surface area contributed by atoms with Crippen LogP contribution in [0.25, 0.3) is 11.0 Å². The van der Waals surface area contributed by atoms with E-state index in [0.717, 1.165) is 16.7 Å². The maximum absolute atomic E-state index is 4.69. The van der Waals surface area contributed by atoms with E-state index in [1.807, 2.05) is 39.1 Å². The Morgan fingerprint density at radius 2 is 1.68 bits per heavy atom. The first-order valence-electron chi connectivity index (χ1n) is 9.45. The molecule has 0 saturated heterocycles. The van der Waals surface area contributed by atoms with Gasteiger partial charge in [-0.1, -0.05) is 62.6 Å². The van der Waals surface area contributed by atoms with E-state index in [4.69, 9.17) is 0 Å². The van der Waals surface area contributed by atoms with Crippen LogP contribution in [0, 0.1) is 6.92 Å². The highest BCUT2D eigenvalue weighted by Gasteiger charge is 2.20. The highest BCUT2D eigenvalue weighted by Crippen LogP contribution is 2.33. The van der Waals surface area contributed by atoms with Gasteiger partial charge in [-0.2, -0.15) is 0 Å². The van der Waals surface area contributed by atoms with Crippen LogP contribution in [0.15, 0.2) is 48.5 Å². The fourth-order valence-electron chi connectivity index (χ4n) is 3.11. The van der Waals surface area contributed by atoms with Crippen LogP contribution in [-0.2, 0) is 0 Å². The lowest BCUT2D eigenvalue weighted by Crippen LogP contribution is -1.93. The molecule has 0 unspecified atom stereocenters. The summed E-state index contributed by atoms with van der Waals surface area (Å²) in [7, 11) is 1.94. The third-order valence-electron chi connectivity index (χ3n) is 4.47. The number of hydrogen-bond donors (Lipinski definition) is 2. The monoisotopic (exact) mass is 337 g/mol. The Bertz CT molecular complexity index is 740. The lowest BCUT2D eigenvalue weighted by atomic mass is 10.1. The molecule has 1 heterocycles.